The van der Waals surface area contributed by atoms with Gasteiger partial charge in [-0.3, -0.25) is 0 Å². The first-order chi connectivity index (χ1) is 8.06. The number of rotatable bonds is 8. The van der Waals surface area contributed by atoms with E-state index in [1.165, 1.54) is 25.7 Å². The molecule has 0 bridgehead atoms. The summed E-state index contributed by atoms with van der Waals surface area (Å²) in [5.41, 5.74) is 0. The smallest absolute Gasteiger partial charge is 0.398 e. The molecule has 0 N–H and O–H groups in total. The van der Waals surface area contributed by atoms with Crippen LogP contribution in [0.25, 0.3) is 0 Å². The molecular formula is C14H27BO2. The third kappa shape index (κ3) is 11.8. The second kappa shape index (κ2) is 10.7. The molecule has 0 saturated carbocycles. The predicted octanol–water partition coefficient (Wildman–Crippen LogP) is 3.84. The van der Waals surface area contributed by atoms with Crippen LogP contribution in [0.3, 0.4) is 0 Å². The molecule has 0 aromatic heterocycles. The van der Waals surface area contributed by atoms with Gasteiger partial charge in [0.25, 0.3) is 0 Å². The molecule has 17 heavy (non-hydrogen) atoms. The minimum Gasteiger partial charge on any atom is -0.398 e. The van der Waals surface area contributed by atoms with Crippen molar-refractivity contribution < 1.29 is 9.31 Å². The summed E-state index contributed by atoms with van der Waals surface area (Å²) >= 11 is 0. The fourth-order valence-electron chi connectivity index (χ4n) is 1.39. The van der Waals surface area contributed by atoms with Crippen molar-refractivity contribution in [1.82, 2.24) is 0 Å². The average molecular weight is 238 g/mol. The number of hydrogen-bond donors (Lipinski definition) is 0. The Kier molecular flexibility index (Phi) is 10.4. The second-order valence-electron chi connectivity index (χ2n) is 4.83. The highest BCUT2D eigenvalue weighted by atomic mass is 16.6. The molecule has 0 atom stereocenters. The van der Waals surface area contributed by atoms with Crippen LogP contribution >= 0.6 is 0 Å². The van der Waals surface area contributed by atoms with Crippen LogP contribution < -0.4 is 0 Å². The highest BCUT2D eigenvalue weighted by Crippen LogP contribution is 2.02. The molecule has 0 aliphatic heterocycles. The lowest BCUT2D eigenvalue weighted by molar-refractivity contribution is 0.140. The summed E-state index contributed by atoms with van der Waals surface area (Å²) in [7, 11) is -0.374. The first-order valence-electron chi connectivity index (χ1n) is 6.85. The van der Waals surface area contributed by atoms with Crippen molar-refractivity contribution in [3.63, 3.8) is 0 Å². The fraction of sp³-hybridized carbons (Fsp3) is 0.857. The standard InChI is InChI=1S/C14H27BO2/c1-6-7-8-9-10-11-12-15(16-13(2)3)17-14(4)5/h13-14H,6-10H2,1-5H3. The summed E-state index contributed by atoms with van der Waals surface area (Å²) < 4.78 is 11.2. The summed E-state index contributed by atoms with van der Waals surface area (Å²) in [5, 5.41) is 0. The zero-order chi connectivity index (χ0) is 13.1. The van der Waals surface area contributed by atoms with E-state index in [0.29, 0.717) is 0 Å². The van der Waals surface area contributed by atoms with Gasteiger partial charge in [-0.2, -0.15) is 0 Å². The van der Waals surface area contributed by atoms with Gasteiger partial charge in [0.2, 0.25) is 0 Å². The maximum atomic E-state index is 5.59. The molecule has 0 aliphatic rings. The molecule has 0 amide bonds. The van der Waals surface area contributed by atoms with Gasteiger partial charge < -0.3 is 9.31 Å². The first-order valence-corrected chi connectivity index (χ1v) is 6.85. The van der Waals surface area contributed by atoms with Crippen molar-refractivity contribution in [3.8, 4) is 11.7 Å². The highest BCUT2D eigenvalue weighted by molar-refractivity contribution is 6.54. The molecule has 0 aromatic carbocycles. The molecule has 0 unspecified atom stereocenters. The lowest BCUT2D eigenvalue weighted by Crippen LogP contribution is -2.28. The normalized spacial score (nSPS) is 10.5. The number of unbranched alkanes of at least 4 members (excludes halogenated alkanes) is 4. The van der Waals surface area contributed by atoms with E-state index in [-0.39, 0.29) is 19.3 Å². The Hall–Kier alpha value is -0.455. The summed E-state index contributed by atoms with van der Waals surface area (Å²) in [6.45, 7) is 10.2. The van der Waals surface area contributed by atoms with Crippen LogP contribution in [0.2, 0.25) is 0 Å². The Morgan fingerprint density at radius 2 is 1.53 bits per heavy atom. The molecule has 0 spiro atoms. The third-order valence-corrected chi connectivity index (χ3v) is 2.17. The van der Waals surface area contributed by atoms with E-state index < -0.39 is 0 Å². The summed E-state index contributed by atoms with van der Waals surface area (Å²) in [6, 6.07) is 0. The van der Waals surface area contributed by atoms with Gasteiger partial charge in [-0.1, -0.05) is 32.0 Å². The minimum atomic E-state index is -0.374. The van der Waals surface area contributed by atoms with Gasteiger partial charge in [0.1, 0.15) is 0 Å². The fourth-order valence-corrected chi connectivity index (χ4v) is 1.39. The molecular weight excluding hydrogens is 211 g/mol. The monoisotopic (exact) mass is 238 g/mol. The van der Waals surface area contributed by atoms with Crippen LogP contribution in [0.4, 0.5) is 0 Å². The van der Waals surface area contributed by atoms with Crippen molar-refractivity contribution >= 4 is 7.12 Å². The molecule has 98 valence electrons. The average Bonchev–Trinajstić information content (AvgIpc) is 2.21. The molecule has 0 saturated heterocycles. The van der Waals surface area contributed by atoms with Gasteiger partial charge in [0, 0.05) is 18.6 Å². The molecule has 3 heteroatoms. The van der Waals surface area contributed by atoms with E-state index in [2.05, 4.69) is 18.7 Å². The van der Waals surface area contributed by atoms with Gasteiger partial charge in [0.05, 0.1) is 0 Å². The Morgan fingerprint density at radius 3 is 2.00 bits per heavy atom. The summed E-state index contributed by atoms with van der Waals surface area (Å²) in [5.74, 6) is 6.22. The zero-order valence-electron chi connectivity index (χ0n) is 12.1. The summed E-state index contributed by atoms with van der Waals surface area (Å²) in [4.78, 5) is 0. The first kappa shape index (κ1) is 16.5. The highest BCUT2D eigenvalue weighted by Gasteiger charge is 2.18. The molecule has 0 aromatic rings. The van der Waals surface area contributed by atoms with Crippen LogP contribution in [0.1, 0.15) is 66.7 Å². The maximum Gasteiger partial charge on any atom is 0.550 e. The Labute approximate surface area is 108 Å². The summed E-state index contributed by atoms with van der Waals surface area (Å²) in [6.07, 6.45) is 6.25. The van der Waals surface area contributed by atoms with Crippen LogP contribution in [-0.2, 0) is 9.31 Å². The van der Waals surface area contributed by atoms with Crippen molar-refractivity contribution in [3.05, 3.63) is 0 Å². The van der Waals surface area contributed by atoms with Gasteiger partial charge >= 0.3 is 7.12 Å². The van der Waals surface area contributed by atoms with E-state index in [0.717, 1.165) is 6.42 Å². The van der Waals surface area contributed by atoms with E-state index in [9.17, 15) is 0 Å². The van der Waals surface area contributed by atoms with Crippen molar-refractivity contribution in [1.29, 1.82) is 0 Å². The molecule has 0 fully saturated rings. The van der Waals surface area contributed by atoms with Gasteiger partial charge in [-0.25, -0.2) is 0 Å². The Bertz CT molecular complexity index is 218. The molecule has 0 radical (unpaired) electrons. The quantitative estimate of drug-likeness (QED) is 0.363. The molecule has 2 nitrogen and oxygen atoms in total. The minimum absolute atomic E-state index is 0.146. The van der Waals surface area contributed by atoms with E-state index in [4.69, 9.17) is 9.31 Å². The largest absolute Gasteiger partial charge is 0.550 e. The lowest BCUT2D eigenvalue weighted by atomic mass is 9.90. The van der Waals surface area contributed by atoms with Gasteiger partial charge in [-0.05, 0) is 34.1 Å². The van der Waals surface area contributed by atoms with Crippen LogP contribution in [0.15, 0.2) is 0 Å². The topological polar surface area (TPSA) is 18.5 Å². The van der Waals surface area contributed by atoms with E-state index >= 15 is 0 Å². The molecule has 0 rings (SSSR count). The SMILES string of the molecule is CCCCCCC#CB(OC(C)C)OC(C)C. The Morgan fingerprint density at radius 1 is 0.941 bits per heavy atom. The maximum absolute atomic E-state index is 5.59. The van der Waals surface area contributed by atoms with Crippen molar-refractivity contribution in [2.24, 2.45) is 0 Å². The third-order valence-electron chi connectivity index (χ3n) is 2.17. The van der Waals surface area contributed by atoms with Crippen LogP contribution in [-0.4, -0.2) is 19.3 Å². The van der Waals surface area contributed by atoms with E-state index in [1.807, 2.05) is 27.7 Å². The van der Waals surface area contributed by atoms with Crippen molar-refractivity contribution in [2.45, 2.75) is 78.9 Å². The molecule has 0 aliphatic carbocycles. The lowest BCUT2D eigenvalue weighted by Gasteiger charge is -2.14. The van der Waals surface area contributed by atoms with E-state index in [1.54, 1.807) is 0 Å². The Balaban J connectivity index is 3.91. The predicted molar refractivity (Wildman–Crippen MR) is 74.7 cm³/mol. The zero-order valence-corrected chi connectivity index (χ0v) is 12.1. The van der Waals surface area contributed by atoms with Gasteiger partial charge in [-0.15, -0.1) is 5.92 Å². The van der Waals surface area contributed by atoms with Crippen molar-refractivity contribution in [2.75, 3.05) is 0 Å². The van der Waals surface area contributed by atoms with Crippen LogP contribution in [0.5, 0.6) is 0 Å². The van der Waals surface area contributed by atoms with Crippen LogP contribution in [0, 0.1) is 11.7 Å². The number of hydrogen-bond acceptors (Lipinski definition) is 2. The molecule has 0 heterocycles. The second-order valence-corrected chi connectivity index (χ2v) is 4.83. The van der Waals surface area contributed by atoms with Gasteiger partial charge in [0.15, 0.2) is 0 Å².